The Bertz CT molecular complexity index is 662. The summed E-state index contributed by atoms with van der Waals surface area (Å²) in [6, 6.07) is 9.33. The van der Waals surface area contributed by atoms with Gasteiger partial charge in [-0.1, -0.05) is 47.5 Å². The molecule has 1 aromatic carbocycles. The highest BCUT2D eigenvalue weighted by atomic mass is 35.5. The van der Waals surface area contributed by atoms with E-state index in [-0.39, 0.29) is 19.4 Å². The summed E-state index contributed by atoms with van der Waals surface area (Å²) in [5, 5.41) is 1.26. The van der Waals surface area contributed by atoms with Crippen molar-refractivity contribution in [2.45, 2.75) is 26.4 Å². The molecule has 0 amide bonds. The van der Waals surface area contributed by atoms with Crippen molar-refractivity contribution in [1.29, 1.82) is 0 Å². The molecule has 0 bridgehead atoms. The summed E-state index contributed by atoms with van der Waals surface area (Å²) >= 11 is 6.43. The Balaban J connectivity index is 2.46. The van der Waals surface area contributed by atoms with Gasteiger partial charge in [-0.25, -0.2) is 0 Å². The molecule has 0 aromatic heterocycles. The highest BCUT2D eigenvalue weighted by Gasteiger charge is 2.46. The minimum absolute atomic E-state index is 0.213. The van der Waals surface area contributed by atoms with Crippen LogP contribution in [-0.4, -0.2) is 31.2 Å². The van der Waals surface area contributed by atoms with Gasteiger partial charge in [0.2, 0.25) is 0 Å². The molecule has 2 atom stereocenters. The lowest BCUT2D eigenvalue weighted by Gasteiger charge is -2.34. The summed E-state index contributed by atoms with van der Waals surface area (Å²) in [6.07, 6.45) is 0.620. The summed E-state index contributed by atoms with van der Waals surface area (Å²) in [7, 11) is -6.18. The molecule has 1 aliphatic heterocycles. The number of benzene rings is 1. The van der Waals surface area contributed by atoms with E-state index in [0.717, 1.165) is 10.9 Å². The number of halogens is 1. The molecule has 0 N–H and O–H groups in total. The zero-order chi connectivity index (χ0) is 17.1. The molecule has 7 heteroatoms. The third kappa shape index (κ3) is 4.00. The van der Waals surface area contributed by atoms with Crippen LogP contribution < -0.4 is 5.30 Å². The Morgan fingerprint density at radius 2 is 1.78 bits per heavy atom. The molecule has 0 aliphatic carbocycles. The fourth-order valence-electron chi connectivity index (χ4n) is 2.88. The highest BCUT2D eigenvalue weighted by Crippen LogP contribution is 2.64. The van der Waals surface area contributed by atoms with Crippen molar-refractivity contribution < 1.29 is 18.2 Å². The van der Waals surface area contributed by atoms with Gasteiger partial charge in [0.05, 0.1) is 13.2 Å². The van der Waals surface area contributed by atoms with Crippen LogP contribution in [0.15, 0.2) is 40.9 Å². The predicted molar refractivity (Wildman–Crippen MR) is 96.6 cm³/mol. The molecule has 0 saturated heterocycles. The first kappa shape index (κ1) is 19.0. The van der Waals surface area contributed by atoms with Crippen LogP contribution in [0.2, 0.25) is 0 Å². The van der Waals surface area contributed by atoms with Crippen molar-refractivity contribution >= 4 is 31.6 Å². The Hall–Kier alpha value is -0.370. The summed E-state index contributed by atoms with van der Waals surface area (Å²) in [5.74, 6) is 0. The van der Waals surface area contributed by atoms with E-state index in [1.165, 1.54) is 0 Å². The molecular weight excluding hydrogens is 354 g/mol. The number of rotatable bonds is 6. The van der Waals surface area contributed by atoms with Crippen molar-refractivity contribution in [3.8, 4) is 0 Å². The van der Waals surface area contributed by atoms with E-state index in [4.69, 9.17) is 20.6 Å². The fraction of sp³-hybridized carbons (Fsp3) is 0.500. The van der Waals surface area contributed by atoms with Crippen LogP contribution >= 0.6 is 26.3 Å². The number of hydrogen-bond donors (Lipinski definition) is 0. The van der Waals surface area contributed by atoms with Crippen molar-refractivity contribution in [3.63, 3.8) is 0 Å². The minimum Gasteiger partial charge on any atom is -0.318 e. The second-order valence-electron chi connectivity index (χ2n) is 5.59. The maximum atomic E-state index is 13.5. The number of allylic oxidation sites excluding steroid dienone is 2. The SMILES string of the molecule is CCOP(=O)(OCC)[C@@H]1CP(=O)(c2ccccc2)CC(C)=C1Cl. The van der Waals surface area contributed by atoms with Gasteiger partial charge < -0.3 is 13.6 Å². The molecule has 0 saturated carbocycles. The summed E-state index contributed by atoms with van der Waals surface area (Å²) < 4.78 is 37.6. The first-order valence-corrected chi connectivity index (χ1v) is 11.8. The van der Waals surface area contributed by atoms with Crippen LogP contribution in [0.25, 0.3) is 0 Å². The highest BCUT2D eigenvalue weighted by molar-refractivity contribution is 7.73. The van der Waals surface area contributed by atoms with Gasteiger partial charge in [-0.3, -0.25) is 4.57 Å². The Morgan fingerprint density at radius 3 is 2.30 bits per heavy atom. The molecule has 1 aliphatic rings. The quantitative estimate of drug-likeness (QED) is 0.667. The summed E-state index contributed by atoms with van der Waals surface area (Å²) in [4.78, 5) is 0. The van der Waals surface area contributed by atoms with Gasteiger partial charge in [0, 0.05) is 22.7 Å². The average molecular weight is 377 g/mol. The van der Waals surface area contributed by atoms with Gasteiger partial charge in [0.1, 0.15) is 12.8 Å². The fourth-order valence-corrected chi connectivity index (χ4v) is 9.74. The predicted octanol–water partition coefficient (Wildman–Crippen LogP) is 4.84. The molecule has 1 aromatic rings. The largest absolute Gasteiger partial charge is 0.339 e. The molecule has 1 unspecified atom stereocenters. The van der Waals surface area contributed by atoms with E-state index in [9.17, 15) is 9.13 Å². The third-order valence-corrected chi connectivity index (χ3v) is 10.5. The lowest BCUT2D eigenvalue weighted by atomic mass is 10.2. The Kier molecular flexibility index (Phi) is 6.33. The second-order valence-corrected chi connectivity index (χ2v) is 11.2. The van der Waals surface area contributed by atoms with Gasteiger partial charge in [-0.15, -0.1) is 0 Å². The van der Waals surface area contributed by atoms with Gasteiger partial charge in [-0.05, 0) is 20.8 Å². The van der Waals surface area contributed by atoms with E-state index < -0.39 is 20.4 Å². The monoisotopic (exact) mass is 376 g/mol. The molecule has 1 heterocycles. The minimum atomic E-state index is -3.45. The van der Waals surface area contributed by atoms with Gasteiger partial charge in [0.25, 0.3) is 0 Å². The lowest BCUT2D eigenvalue weighted by molar-refractivity contribution is 0.216. The Morgan fingerprint density at radius 1 is 1.22 bits per heavy atom. The van der Waals surface area contributed by atoms with Crippen LogP contribution in [0.5, 0.6) is 0 Å². The average Bonchev–Trinajstić information content (AvgIpc) is 2.52. The third-order valence-electron chi connectivity index (χ3n) is 3.89. The van der Waals surface area contributed by atoms with Gasteiger partial charge in [0.15, 0.2) is 0 Å². The maximum Gasteiger partial charge on any atom is 0.339 e. The van der Waals surface area contributed by atoms with Crippen LogP contribution in [0.3, 0.4) is 0 Å². The summed E-state index contributed by atoms with van der Waals surface area (Å²) in [5.41, 5.74) is 0.138. The van der Waals surface area contributed by atoms with E-state index >= 15 is 0 Å². The zero-order valence-corrected chi connectivity index (χ0v) is 16.2. The molecule has 2 rings (SSSR count). The van der Waals surface area contributed by atoms with E-state index in [1.807, 2.05) is 37.3 Å². The molecule has 4 nitrogen and oxygen atoms in total. The molecule has 0 fully saturated rings. The van der Waals surface area contributed by atoms with Gasteiger partial charge in [-0.2, -0.15) is 0 Å². The molecule has 0 spiro atoms. The van der Waals surface area contributed by atoms with Gasteiger partial charge >= 0.3 is 7.60 Å². The molecular formula is C16H23ClO4P2. The van der Waals surface area contributed by atoms with Crippen molar-refractivity contribution in [1.82, 2.24) is 0 Å². The van der Waals surface area contributed by atoms with Crippen LogP contribution in [0, 0.1) is 0 Å². The van der Waals surface area contributed by atoms with Crippen LogP contribution in [-0.2, 0) is 18.2 Å². The van der Waals surface area contributed by atoms with Crippen molar-refractivity contribution in [2.24, 2.45) is 0 Å². The molecule has 23 heavy (non-hydrogen) atoms. The normalized spacial score (nSPS) is 25.7. The van der Waals surface area contributed by atoms with Crippen LogP contribution in [0.4, 0.5) is 0 Å². The smallest absolute Gasteiger partial charge is 0.318 e. The second kappa shape index (κ2) is 7.68. The molecule has 0 radical (unpaired) electrons. The van der Waals surface area contributed by atoms with Crippen LogP contribution in [0.1, 0.15) is 20.8 Å². The lowest BCUT2D eigenvalue weighted by Crippen LogP contribution is -2.28. The maximum absolute atomic E-state index is 13.5. The molecule has 128 valence electrons. The van der Waals surface area contributed by atoms with E-state index in [1.54, 1.807) is 13.8 Å². The first-order valence-electron chi connectivity index (χ1n) is 7.74. The van der Waals surface area contributed by atoms with E-state index in [0.29, 0.717) is 11.2 Å². The van der Waals surface area contributed by atoms with Crippen molar-refractivity contribution in [2.75, 3.05) is 25.5 Å². The Labute approximate surface area is 143 Å². The van der Waals surface area contributed by atoms with E-state index in [2.05, 4.69) is 0 Å². The van der Waals surface area contributed by atoms with Crippen molar-refractivity contribution in [3.05, 3.63) is 40.9 Å². The first-order chi connectivity index (χ1) is 10.9. The topological polar surface area (TPSA) is 52.6 Å². The number of hydrogen-bond acceptors (Lipinski definition) is 4. The standard InChI is InChI=1S/C16H23ClO4P2/c1-4-20-23(19,21-5-2)15-12-22(18,11-13(3)16(15)17)14-9-7-6-8-10-14/h6-10,15H,4-5,11-12H2,1-3H3/t15-,22?/m1/s1. The zero-order valence-electron chi connectivity index (χ0n) is 13.7. The summed E-state index contributed by atoms with van der Waals surface area (Å²) in [6.45, 7) is 5.87.